The highest BCUT2D eigenvalue weighted by molar-refractivity contribution is 7.86. The van der Waals surface area contributed by atoms with Crippen LogP contribution in [0.3, 0.4) is 0 Å². The molecule has 0 bridgehead atoms. The number of nitrogens with one attached hydrogen (secondary N) is 1. The van der Waals surface area contributed by atoms with E-state index in [-0.39, 0.29) is 50.1 Å². The highest BCUT2D eigenvalue weighted by Crippen LogP contribution is 2.45. The lowest BCUT2D eigenvalue weighted by Gasteiger charge is -2.12. The van der Waals surface area contributed by atoms with Gasteiger partial charge in [0.2, 0.25) is 0 Å². The standard InChI is InChI=1S/C34H27N5O12S3/c1-50-28-18-27(38-39-33-32(54(47,48)49)14-19-13-21(11-12-23(19)34(33)40)35-20-7-4-3-5-8-20)29(51-2)17-26(28)37-36-22-15-25-24(31(16-22)53(44,45)46)9-6-10-30(25)52(41,42)43/h3-18,35,40H,1-2H3,(H,41,42,43)(H,44,45,46)(H,47,48,49). The van der Waals surface area contributed by atoms with Crippen LogP contribution in [0.5, 0.6) is 17.2 Å². The lowest BCUT2D eigenvalue weighted by Crippen LogP contribution is -2.03. The maximum atomic E-state index is 12.5. The van der Waals surface area contributed by atoms with Crippen molar-refractivity contribution in [3.05, 3.63) is 97.1 Å². The molecule has 0 fully saturated rings. The van der Waals surface area contributed by atoms with Crippen LogP contribution in [0.25, 0.3) is 21.5 Å². The predicted molar refractivity (Wildman–Crippen MR) is 197 cm³/mol. The molecule has 5 N–H and O–H groups in total. The first kappa shape index (κ1) is 37.7. The van der Waals surface area contributed by atoms with E-state index < -0.39 is 56.5 Å². The van der Waals surface area contributed by atoms with E-state index >= 15 is 0 Å². The second-order valence-electron chi connectivity index (χ2n) is 11.3. The third kappa shape index (κ3) is 7.83. The third-order valence-electron chi connectivity index (χ3n) is 7.86. The van der Waals surface area contributed by atoms with Crippen LogP contribution in [-0.2, 0) is 30.4 Å². The van der Waals surface area contributed by atoms with Gasteiger partial charge in [-0.1, -0.05) is 30.3 Å². The fourth-order valence-corrected chi connectivity index (χ4v) is 7.53. The second-order valence-corrected chi connectivity index (χ2v) is 15.5. The van der Waals surface area contributed by atoms with Gasteiger partial charge in [0.05, 0.1) is 19.9 Å². The van der Waals surface area contributed by atoms with Crippen molar-refractivity contribution in [2.24, 2.45) is 20.5 Å². The molecule has 6 rings (SSSR count). The Hall–Kier alpha value is -6.03. The smallest absolute Gasteiger partial charge is 0.296 e. The summed E-state index contributed by atoms with van der Waals surface area (Å²) >= 11 is 0. The summed E-state index contributed by atoms with van der Waals surface area (Å²) in [5.74, 6) is -0.632. The van der Waals surface area contributed by atoms with Crippen molar-refractivity contribution >= 4 is 86.0 Å². The normalized spacial score (nSPS) is 12.5. The number of azo groups is 2. The molecular formula is C34H27N5O12S3. The van der Waals surface area contributed by atoms with Crippen LogP contribution in [0.15, 0.2) is 132 Å². The zero-order valence-electron chi connectivity index (χ0n) is 27.8. The minimum absolute atomic E-state index is 0.0147. The lowest BCUT2D eigenvalue weighted by atomic mass is 10.1. The summed E-state index contributed by atoms with van der Waals surface area (Å²) in [7, 11) is -12.2. The van der Waals surface area contributed by atoms with Gasteiger partial charge in [-0.15, -0.1) is 15.3 Å². The number of nitrogens with zero attached hydrogens (tertiary/aromatic N) is 4. The second kappa shape index (κ2) is 14.4. The van der Waals surface area contributed by atoms with E-state index in [0.29, 0.717) is 5.69 Å². The summed E-state index contributed by atoms with van der Waals surface area (Å²) in [6.45, 7) is 0. The van der Waals surface area contributed by atoms with Crippen molar-refractivity contribution in [3.8, 4) is 17.2 Å². The molecule has 0 unspecified atom stereocenters. The fraction of sp³-hybridized carbons (Fsp3) is 0.0588. The topological polar surface area (TPSA) is 263 Å². The first-order chi connectivity index (χ1) is 25.5. The number of hydrogen-bond acceptors (Lipinski definition) is 14. The van der Waals surface area contributed by atoms with E-state index in [1.165, 1.54) is 44.6 Å². The van der Waals surface area contributed by atoms with Gasteiger partial charge in [-0.3, -0.25) is 13.7 Å². The molecule has 0 aliphatic rings. The van der Waals surface area contributed by atoms with Gasteiger partial charge in [0.25, 0.3) is 30.4 Å². The van der Waals surface area contributed by atoms with Crippen LogP contribution in [0.1, 0.15) is 0 Å². The Morgan fingerprint density at radius 3 is 1.74 bits per heavy atom. The van der Waals surface area contributed by atoms with E-state index in [4.69, 9.17) is 9.47 Å². The molecular weight excluding hydrogens is 767 g/mol. The fourth-order valence-electron chi connectivity index (χ4n) is 5.45. The monoisotopic (exact) mass is 793 g/mol. The van der Waals surface area contributed by atoms with Crippen molar-refractivity contribution in [3.63, 3.8) is 0 Å². The largest absolute Gasteiger partial charge is 0.505 e. The number of fused-ring (bicyclic) bond motifs is 2. The maximum absolute atomic E-state index is 12.5. The highest BCUT2D eigenvalue weighted by atomic mass is 32.2. The molecule has 0 aliphatic heterocycles. The molecule has 0 saturated heterocycles. The predicted octanol–water partition coefficient (Wildman–Crippen LogP) is 8.03. The molecule has 278 valence electrons. The molecule has 54 heavy (non-hydrogen) atoms. The van der Waals surface area contributed by atoms with E-state index in [9.17, 15) is 44.0 Å². The van der Waals surface area contributed by atoms with Gasteiger partial charge in [-0.05, 0) is 60.0 Å². The molecule has 0 atom stereocenters. The molecule has 0 saturated carbocycles. The van der Waals surface area contributed by atoms with Crippen LogP contribution < -0.4 is 14.8 Å². The number of phenols is 1. The third-order valence-corrected chi connectivity index (χ3v) is 10.5. The summed E-state index contributed by atoms with van der Waals surface area (Å²) in [5.41, 5.74) is 0.413. The van der Waals surface area contributed by atoms with Crippen molar-refractivity contribution in [2.75, 3.05) is 19.5 Å². The summed E-state index contributed by atoms with van der Waals surface area (Å²) in [6.07, 6.45) is 0. The number of anilines is 2. The zero-order valence-corrected chi connectivity index (χ0v) is 30.3. The molecule has 0 amide bonds. The average Bonchev–Trinajstić information content (AvgIpc) is 3.12. The molecule has 20 heteroatoms. The van der Waals surface area contributed by atoms with Crippen molar-refractivity contribution < 1.29 is 53.5 Å². The quantitative estimate of drug-likeness (QED) is 0.0615. The SMILES string of the molecule is COc1cc(N=Nc2c(S(=O)(=O)O)cc3cc(Nc4ccccc4)ccc3c2O)c(OC)cc1N=Nc1cc(S(=O)(=O)O)c2cccc(S(=O)(=O)O)c2c1. The lowest BCUT2D eigenvalue weighted by molar-refractivity contribution is 0.405. The van der Waals surface area contributed by atoms with E-state index in [0.717, 1.165) is 30.0 Å². The molecule has 0 aromatic heterocycles. The van der Waals surface area contributed by atoms with Crippen molar-refractivity contribution in [2.45, 2.75) is 14.7 Å². The number of methoxy groups -OCH3 is 2. The minimum atomic E-state index is -4.95. The van der Waals surface area contributed by atoms with Crippen LogP contribution in [0.2, 0.25) is 0 Å². The number of phenolic OH excluding ortho intramolecular Hbond substituents is 1. The number of hydrogen-bond donors (Lipinski definition) is 5. The van der Waals surface area contributed by atoms with E-state index in [1.54, 1.807) is 12.1 Å². The summed E-state index contributed by atoms with van der Waals surface area (Å²) in [5, 5.41) is 30.4. The van der Waals surface area contributed by atoms with Gasteiger partial charge >= 0.3 is 0 Å². The number of aromatic hydroxyl groups is 1. The Morgan fingerprint density at radius 2 is 1.15 bits per heavy atom. The van der Waals surface area contributed by atoms with Crippen molar-refractivity contribution in [1.29, 1.82) is 0 Å². The molecule has 0 heterocycles. The minimum Gasteiger partial charge on any atom is -0.505 e. The Labute approximate surface area is 307 Å². The number of ether oxygens (including phenoxy) is 2. The summed E-state index contributed by atoms with van der Waals surface area (Å²) < 4.78 is 114. The molecule has 0 aliphatic carbocycles. The number of rotatable bonds is 11. The number of benzene rings is 6. The van der Waals surface area contributed by atoms with Gasteiger partial charge in [-0.25, -0.2) is 0 Å². The molecule has 0 radical (unpaired) electrons. The van der Waals surface area contributed by atoms with E-state index in [1.807, 2.05) is 30.3 Å². The van der Waals surface area contributed by atoms with Crippen molar-refractivity contribution in [1.82, 2.24) is 0 Å². The Kier molecular flexibility index (Phi) is 10.1. The first-order valence-electron chi connectivity index (χ1n) is 15.2. The Bertz CT molecular complexity index is 2870. The Morgan fingerprint density at radius 1 is 0.537 bits per heavy atom. The molecule has 6 aromatic carbocycles. The molecule has 17 nitrogen and oxygen atoms in total. The summed E-state index contributed by atoms with van der Waals surface area (Å²) in [6, 6.07) is 23.1. The van der Waals surface area contributed by atoms with Gasteiger partial charge in [0, 0.05) is 39.7 Å². The van der Waals surface area contributed by atoms with Crippen LogP contribution in [0.4, 0.5) is 34.1 Å². The highest BCUT2D eigenvalue weighted by Gasteiger charge is 2.24. The van der Waals surface area contributed by atoms with Crippen LogP contribution in [0, 0.1) is 0 Å². The van der Waals surface area contributed by atoms with E-state index in [2.05, 4.69) is 25.8 Å². The average molecular weight is 794 g/mol. The van der Waals surface area contributed by atoms with Gasteiger partial charge < -0.3 is 19.9 Å². The number of para-hydroxylation sites is 1. The maximum Gasteiger partial charge on any atom is 0.296 e. The van der Waals surface area contributed by atoms with Gasteiger partial charge in [0.1, 0.15) is 43.2 Å². The molecule has 6 aromatic rings. The van der Waals surface area contributed by atoms with Crippen LogP contribution >= 0.6 is 0 Å². The van der Waals surface area contributed by atoms with Gasteiger partial charge in [0.15, 0.2) is 5.75 Å². The van der Waals surface area contributed by atoms with Crippen LogP contribution in [-0.4, -0.2) is 58.2 Å². The summed E-state index contributed by atoms with van der Waals surface area (Å²) in [4.78, 5) is -2.08. The van der Waals surface area contributed by atoms with Gasteiger partial charge in [-0.2, -0.15) is 30.4 Å². The molecule has 0 spiro atoms. The first-order valence-corrected chi connectivity index (χ1v) is 19.5. The zero-order chi connectivity index (χ0) is 39.0. The Balaban J connectivity index is 1.40.